The van der Waals surface area contributed by atoms with Gasteiger partial charge in [-0.05, 0) is 56.8 Å². The molecule has 2 saturated heterocycles. The van der Waals surface area contributed by atoms with Crippen LogP contribution in [0.3, 0.4) is 0 Å². The van der Waals surface area contributed by atoms with E-state index in [4.69, 9.17) is 0 Å². The Kier molecular flexibility index (Phi) is 8.50. The summed E-state index contributed by atoms with van der Waals surface area (Å²) < 4.78 is 0. The van der Waals surface area contributed by atoms with E-state index in [0.717, 1.165) is 6.54 Å². The first-order chi connectivity index (χ1) is 15.4. The highest BCUT2D eigenvalue weighted by atomic mass is 16.2. The van der Waals surface area contributed by atoms with Crippen LogP contribution >= 0.6 is 0 Å². The van der Waals surface area contributed by atoms with Crippen LogP contribution in [-0.2, 0) is 17.9 Å². The van der Waals surface area contributed by atoms with Crippen LogP contribution in [0.5, 0.6) is 0 Å². The van der Waals surface area contributed by atoms with E-state index in [1.807, 2.05) is 6.92 Å². The molecule has 0 radical (unpaired) electrons. The Balaban J connectivity index is 1.37. The van der Waals surface area contributed by atoms with Crippen LogP contribution < -0.4 is 16.0 Å². The van der Waals surface area contributed by atoms with Gasteiger partial charge in [-0.1, -0.05) is 37.6 Å². The van der Waals surface area contributed by atoms with Crippen molar-refractivity contribution in [3.8, 4) is 0 Å². The van der Waals surface area contributed by atoms with Gasteiger partial charge in [0.2, 0.25) is 0 Å². The third kappa shape index (κ3) is 6.22. The molecule has 0 saturated carbocycles. The zero-order chi connectivity index (χ0) is 23.0. The van der Waals surface area contributed by atoms with Gasteiger partial charge in [-0.15, -0.1) is 0 Å². The second-order valence-electron chi connectivity index (χ2n) is 8.93. The number of rotatable bonds is 9. The summed E-state index contributed by atoms with van der Waals surface area (Å²) in [5.74, 6) is 0.564. The minimum atomic E-state index is -0.772. The number of hydrogen-bond donors (Lipinski definition) is 3. The van der Waals surface area contributed by atoms with Gasteiger partial charge >= 0.3 is 6.03 Å². The fourth-order valence-electron chi connectivity index (χ4n) is 4.18. The molecule has 0 bridgehead atoms. The fraction of sp³-hybridized carbons (Fsp3) is 0.625. The van der Waals surface area contributed by atoms with E-state index >= 15 is 0 Å². The molecule has 32 heavy (non-hydrogen) atoms. The summed E-state index contributed by atoms with van der Waals surface area (Å²) in [7, 11) is 1.74. The molecule has 1 unspecified atom stereocenters. The first kappa shape index (κ1) is 24.0. The number of imide groups is 1. The van der Waals surface area contributed by atoms with E-state index in [-0.39, 0.29) is 11.9 Å². The van der Waals surface area contributed by atoms with E-state index in [9.17, 15) is 9.59 Å². The number of urea groups is 1. The number of nitrogens with one attached hydrogen (secondary N) is 3. The zero-order valence-electron chi connectivity index (χ0n) is 19.7. The van der Waals surface area contributed by atoms with Gasteiger partial charge < -0.3 is 16.0 Å². The summed E-state index contributed by atoms with van der Waals surface area (Å²) in [6.07, 6.45) is 5.23. The highest BCUT2D eigenvalue weighted by molar-refractivity contribution is 6.06. The second kappa shape index (κ2) is 11.3. The molecular formula is C24H38N6O2. The van der Waals surface area contributed by atoms with Gasteiger partial charge in [-0.3, -0.25) is 19.6 Å². The van der Waals surface area contributed by atoms with Crippen LogP contribution in [0.1, 0.15) is 57.1 Å². The summed E-state index contributed by atoms with van der Waals surface area (Å²) in [4.78, 5) is 32.6. The predicted molar refractivity (Wildman–Crippen MR) is 127 cm³/mol. The van der Waals surface area contributed by atoms with E-state index in [0.29, 0.717) is 38.4 Å². The molecule has 3 amide bonds. The average molecular weight is 443 g/mol. The van der Waals surface area contributed by atoms with Crippen LogP contribution in [-0.4, -0.2) is 66.5 Å². The molecule has 2 aliphatic rings. The van der Waals surface area contributed by atoms with Crippen LogP contribution in [0.25, 0.3) is 0 Å². The van der Waals surface area contributed by atoms with Crippen molar-refractivity contribution < 1.29 is 9.59 Å². The number of piperidine rings is 1. The molecule has 0 aromatic heterocycles. The maximum absolute atomic E-state index is 12.4. The number of guanidine groups is 1. The van der Waals surface area contributed by atoms with Crippen molar-refractivity contribution >= 4 is 17.9 Å². The van der Waals surface area contributed by atoms with Gasteiger partial charge in [0.15, 0.2) is 5.96 Å². The number of nitrogens with zero attached hydrogens (tertiary/aromatic N) is 3. The Morgan fingerprint density at radius 1 is 1.09 bits per heavy atom. The van der Waals surface area contributed by atoms with E-state index in [1.165, 1.54) is 48.4 Å². The molecule has 176 valence electrons. The Hall–Kier alpha value is -2.61. The van der Waals surface area contributed by atoms with Gasteiger partial charge in [0.25, 0.3) is 5.91 Å². The lowest BCUT2D eigenvalue weighted by molar-refractivity contribution is -0.130. The Bertz CT molecular complexity index is 803. The average Bonchev–Trinajstić information content (AvgIpc) is 3.03. The standard InChI is InChI=1S/C24H38N6O2/c1-4-24(2)21(31)30(23(32)28-24)16-8-13-26-22(25-3)27-17-19-9-11-20(12-10-19)18-29-14-6-5-7-15-29/h9-12H,4-8,13-18H2,1-3H3,(H,28,32)(H2,25,26,27). The Morgan fingerprint density at radius 3 is 2.41 bits per heavy atom. The predicted octanol–water partition coefficient (Wildman–Crippen LogP) is 2.45. The lowest BCUT2D eigenvalue weighted by atomic mass is 9.99. The number of carbonyl (C=O) groups is 2. The van der Waals surface area contributed by atoms with E-state index in [2.05, 4.69) is 50.1 Å². The van der Waals surface area contributed by atoms with E-state index < -0.39 is 5.54 Å². The third-order valence-corrected chi connectivity index (χ3v) is 6.46. The van der Waals surface area contributed by atoms with Crippen molar-refractivity contribution in [1.82, 2.24) is 25.8 Å². The molecule has 8 heteroatoms. The summed E-state index contributed by atoms with van der Waals surface area (Å²) in [6.45, 7) is 8.83. The van der Waals surface area contributed by atoms with Gasteiger partial charge in [-0.2, -0.15) is 0 Å². The lowest BCUT2D eigenvalue weighted by Gasteiger charge is -2.26. The fourth-order valence-corrected chi connectivity index (χ4v) is 4.18. The zero-order valence-corrected chi connectivity index (χ0v) is 19.7. The topological polar surface area (TPSA) is 89.1 Å². The van der Waals surface area contributed by atoms with Crippen LogP contribution in [0, 0.1) is 0 Å². The Morgan fingerprint density at radius 2 is 1.78 bits per heavy atom. The third-order valence-electron chi connectivity index (χ3n) is 6.46. The summed E-state index contributed by atoms with van der Waals surface area (Å²) in [5.41, 5.74) is 1.79. The summed E-state index contributed by atoms with van der Waals surface area (Å²) >= 11 is 0. The molecule has 0 aliphatic carbocycles. The maximum atomic E-state index is 12.4. The molecule has 2 fully saturated rings. The van der Waals surface area contributed by atoms with Crippen LogP contribution in [0.2, 0.25) is 0 Å². The quantitative estimate of drug-likeness (QED) is 0.237. The smallest absolute Gasteiger partial charge is 0.325 e. The Labute approximate surface area is 191 Å². The minimum Gasteiger partial charge on any atom is -0.356 e. The van der Waals surface area contributed by atoms with E-state index in [1.54, 1.807) is 14.0 Å². The lowest BCUT2D eigenvalue weighted by Crippen LogP contribution is -2.43. The van der Waals surface area contributed by atoms with Crippen molar-refractivity contribution in [2.24, 2.45) is 4.99 Å². The SMILES string of the molecule is CCC1(C)NC(=O)N(CCCNC(=NC)NCc2ccc(CN3CCCCC3)cc2)C1=O. The molecule has 2 heterocycles. The van der Waals surface area contributed by atoms with Crippen LogP contribution in [0.4, 0.5) is 4.79 Å². The largest absolute Gasteiger partial charge is 0.356 e. The van der Waals surface area contributed by atoms with Crippen LogP contribution in [0.15, 0.2) is 29.3 Å². The highest BCUT2D eigenvalue weighted by Crippen LogP contribution is 2.20. The first-order valence-electron chi connectivity index (χ1n) is 11.8. The molecule has 1 atom stereocenters. The number of likely N-dealkylation sites (tertiary alicyclic amines) is 1. The summed E-state index contributed by atoms with van der Waals surface area (Å²) in [6, 6.07) is 8.46. The monoisotopic (exact) mass is 442 g/mol. The van der Waals surface area contributed by atoms with Crippen molar-refractivity contribution in [2.75, 3.05) is 33.2 Å². The number of carbonyl (C=O) groups excluding carboxylic acids is 2. The number of benzene rings is 1. The van der Waals surface area contributed by atoms with Crippen molar-refractivity contribution in [3.05, 3.63) is 35.4 Å². The van der Waals surface area contributed by atoms with Crippen molar-refractivity contribution in [2.45, 2.75) is 64.6 Å². The second-order valence-corrected chi connectivity index (χ2v) is 8.93. The molecule has 3 N–H and O–H groups in total. The van der Waals surface area contributed by atoms with Gasteiger partial charge in [-0.25, -0.2) is 4.79 Å². The first-order valence-corrected chi connectivity index (χ1v) is 11.8. The van der Waals surface area contributed by atoms with Gasteiger partial charge in [0, 0.05) is 33.2 Å². The highest BCUT2D eigenvalue weighted by Gasteiger charge is 2.45. The molecule has 2 aliphatic heterocycles. The molecule has 3 rings (SSSR count). The normalized spacial score (nSPS) is 22.2. The molecule has 1 aromatic rings. The minimum absolute atomic E-state index is 0.142. The molecular weight excluding hydrogens is 404 g/mol. The van der Waals surface area contributed by atoms with Crippen molar-refractivity contribution in [1.29, 1.82) is 0 Å². The van der Waals surface area contributed by atoms with Gasteiger partial charge in [0.05, 0.1) is 0 Å². The molecule has 8 nitrogen and oxygen atoms in total. The number of amides is 3. The molecule has 0 spiro atoms. The maximum Gasteiger partial charge on any atom is 0.325 e. The summed E-state index contributed by atoms with van der Waals surface area (Å²) in [5, 5.41) is 9.36. The number of hydrogen-bond acceptors (Lipinski definition) is 4. The van der Waals surface area contributed by atoms with Gasteiger partial charge in [0.1, 0.15) is 5.54 Å². The van der Waals surface area contributed by atoms with Crippen molar-refractivity contribution in [3.63, 3.8) is 0 Å². The molecule has 1 aromatic carbocycles. The number of aliphatic imine (C=N–C) groups is 1.